The average Bonchev–Trinajstić information content (AvgIpc) is 2.25. The van der Waals surface area contributed by atoms with Crippen LogP contribution in [0, 0.1) is 23.5 Å². The summed E-state index contributed by atoms with van der Waals surface area (Å²) in [5.41, 5.74) is 0.300. The van der Waals surface area contributed by atoms with Gasteiger partial charge < -0.3 is 10.6 Å². The summed E-state index contributed by atoms with van der Waals surface area (Å²) in [7, 11) is 0. The van der Waals surface area contributed by atoms with Gasteiger partial charge in [-0.2, -0.15) is 0 Å². The fraction of sp³-hybridized carbons (Fsp3) is 0.500. The van der Waals surface area contributed by atoms with E-state index in [1.165, 1.54) is 12.1 Å². The number of carbonyl (C=O) groups excluding carboxylic acids is 1. The second-order valence-corrected chi connectivity index (χ2v) is 5.10. The standard InChI is InChI=1S/C14H18F2N2O.ClH/c1-8(10-6-17-7-10)14(19)18-9(2)12-4-3-11(15)5-13(12)16;/h3-5,8-10,17H,6-7H2,1-2H3,(H,18,19);1H. The van der Waals surface area contributed by atoms with Crippen molar-refractivity contribution < 1.29 is 13.6 Å². The van der Waals surface area contributed by atoms with E-state index in [-0.39, 0.29) is 24.2 Å². The molecule has 2 unspecified atom stereocenters. The quantitative estimate of drug-likeness (QED) is 0.897. The van der Waals surface area contributed by atoms with Crippen molar-refractivity contribution in [3.05, 3.63) is 35.4 Å². The third-order valence-electron chi connectivity index (χ3n) is 3.72. The average molecular weight is 305 g/mol. The molecule has 20 heavy (non-hydrogen) atoms. The van der Waals surface area contributed by atoms with Crippen LogP contribution in [0.25, 0.3) is 0 Å². The molecule has 1 aliphatic rings. The number of hydrogen-bond acceptors (Lipinski definition) is 2. The van der Waals surface area contributed by atoms with Gasteiger partial charge in [0.15, 0.2) is 0 Å². The van der Waals surface area contributed by atoms with Crippen molar-refractivity contribution in [1.29, 1.82) is 0 Å². The Morgan fingerprint density at radius 3 is 2.50 bits per heavy atom. The van der Waals surface area contributed by atoms with Crippen molar-refractivity contribution in [3.63, 3.8) is 0 Å². The molecule has 1 heterocycles. The lowest BCUT2D eigenvalue weighted by molar-refractivity contribution is -0.127. The van der Waals surface area contributed by atoms with E-state index in [1.807, 2.05) is 6.92 Å². The topological polar surface area (TPSA) is 41.1 Å². The van der Waals surface area contributed by atoms with E-state index in [1.54, 1.807) is 6.92 Å². The summed E-state index contributed by atoms with van der Waals surface area (Å²) in [5.74, 6) is -1.11. The fourth-order valence-corrected chi connectivity index (χ4v) is 2.15. The zero-order chi connectivity index (χ0) is 14.0. The van der Waals surface area contributed by atoms with Crippen molar-refractivity contribution in [1.82, 2.24) is 10.6 Å². The zero-order valence-corrected chi connectivity index (χ0v) is 12.3. The first-order chi connectivity index (χ1) is 8.99. The Hall–Kier alpha value is -1.20. The Bertz CT molecular complexity index is 480. The Balaban J connectivity index is 0.00000200. The zero-order valence-electron chi connectivity index (χ0n) is 11.5. The SMILES string of the molecule is CC(NC(=O)C(C)C1CNC1)c1ccc(F)cc1F.Cl. The fourth-order valence-electron chi connectivity index (χ4n) is 2.15. The van der Waals surface area contributed by atoms with Crippen LogP contribution in [-0.2, 0) is 4.79 Å². The van der Waals surface area contributed by atoms with Gasteiger partial charge in [-0.05, 0) is 32.0 Å². The van der Waals surface area contributed by atoms with E-state index in [2.05, 4.69) is 10.6 Å². The molecule has 1 fully saturated rings. The highest BCUT2D eigenvalue weighted by atomic mass is 35.5. The van der Waals surface area contributed by atoms with E-state index < -0.39 is 17.7 Å². The van der Waals surface area contributed by atoms with Gasteiger partial charge in [0, 0.05) is 17.5 Å². The van der Waals surface area contributed by atoms with E-state index in [0.29, 0.717) is 11.5 Å². The second kappa shape index (κ2) is 6.99. The van der Waals surface area contributed by atoms with Crippen molar-refractivity contribution in [2.24, 2.45) is 11.8 Å². The molecule has 0 radical (unpaired) electrons. The van der Waals surface area contributed by atoms with Gasteiger partial charge in [-0.15, -0.1) is 12.4 Å². The van der Waals surface area contributed by atoms with Crippen LogP contribution in [0.3, 0.4) is 0 Å². The van der Waals surface area contributed by atoms with Crippen LogP contribution in [0.15, 0.2) is 18.2 Å². The van der Waals surface area contributed by atoms with Crippen LogP contribution in [0.2, 0.25) is 0 Å². The first-order valence-electron chi connectivity index (χ1n) is 6.45. The van der Waals surface area contributed by atoms with E-state index >= 15 is 0 Å². The van der Waals surface area contributed by atoms with Crippen LogP contribution in [0.4, 0.5) is 8.78 Å². The number of carbonyl (C=O) groups is 1. The summed E-state index contributed by atoms with van der Waals surface area (Å²) < 4.78 is 26.4. The Labute approximate surface area is 123 Å². The van der Waals surface area contributed by atoms with Gasteiger partial charge in [-0.25, -0.2) is 8.78 Å². The monoisotopic (exact) mass is 304 g/mol. The van der Waals surface area contributed by atoms with Crippen LogP contribution in [0.1, 0.15) is 25.5 Å². The summed E-state index contributed by atoms with van der Waals surface area (Å²) in [5, 5.41) is 5.89. The lowest BCUT2D eigenvalue weighted by Gasteiger charge is -2.32. The third kappa shape index (κ3) is 3.67. The molecule has 1 saturated heterocycles. The maximum atomic E-state index is 13.6. The maximum Gasteiger partial charge on any atom is 0.223 e. The highest BCUT2D eigenvalue weighted by Crippen LogP contribution is 2.20. The van der Waals surface area contributed by atoms with Gasteiger partial charge in [0.1, 0.15) is 11.6 Å². The van der Waals surface area contributed by atoms with Crippen LogP contribution in [-0.4, -0.2) is 19.0 Å². The number of rotatable bonds is 4. The van der Waals surface area contributed by atoms with Gasteiger partial charge in [-0.3, -0.25) is 4.79 Å². The minimum absolute atomic E-state index is 0. The van der Waals surface area contributed by atoms with Gasteiger partial charge in [0.05, 0.1) is 6.04 Å². The molecule has 0 bridgehead atoms. The van der Waals surface area contributed by atoms with E-state index in [0.717, 1.165) is 19.2 Å². The smallest absolute Gasteiger partial charge is 0.223 e. The van der Waals surface area contributed by atoms with Crippen LogP contribution >= 0.6 is 12.4 Å². The summed E-state index contributed by atoms with van der Waals surface area (Å²) in [6.45, 7) is 5.25. The highest BCUT2D eigenvalue weighted by molar-refractivity contribution is 5.85. The van der Waals surface area contributed by atoms with Crippen LogP contribution in [0.5, 0.6) is 0 Å². The van der Waals surface area contributed by atoms with Gasteiger partial charge in [0.25, 0.3) is 0 Å². The molecule has 1 aliphatic heterocycles. The molecule has 0 aromatic heterocycles. The summed E-state index contributed by atoms with van der Waals surface area (Å²) in [4.78, 5) is 12.0. The third-order valence-corrected chi connectivity index (χ3v) is 3.72. The van der Waals surface area contributed by atoms with Crippen molar-refractivity contribution in [2.75, 3.05) is 13.1 Å². The van der Waals surface area contributed by atoms with Gasteiger partial charge in [-0.1, -0.05) is 13.0 Å². The molecule has 1 amide bonds. The number of amides is 1. The van der Waals surface area contributed by atoms with Crippen LogP contribution < -0.4 is 10.6 Å². The Morgan fingerprint density at radius 1 is 1.35 bits per heavy atom. The largest absolute Gasteiger partial charge is 0.349 e. The molecule has 3 nitrogen and oxygen atoms in total. The molecule has 2 N–H and O–H groups in total. The number of halogens is 3. The van der Waals surface area contributed by atoms with E-state index in [9.17, 15) is 13.6 Å². The number of hydrogen-bond donors (Lipinski definition) is 2. The molecule has 2 atom stereocenters. The van der Waals surface area contributed by atoms with Crippen molar-refractivity contribution in [3.8, 4) is 0 Å². The second-order valence-electron chi connectivity index (χ2n) is 5.10. The summed E-state index contributed by atoms with van der Waals surface area (Å²) in [6, 6.07) is 2.92. The molecular weight excluding hydrogens is 286 g/mol. The molecule has 0 spiro atoms. The van der Waals surface area contributed by atoms with E-state index in [4.69, 9.17) is 0 Å². The molecule has 1 aromatic rings. The molecule has 0 aliphatic carbocycles. The van der Waals surface area contributed by atoms with Crippen molar-refractivity contribution in [2.45, 2.75) is 19.9 Å². The minimum Gasteiger partial charge on any atom is -0.349 e. The van der Waals surface area contributed by atoms with Gasteiger partial charge >= 0.3 is 0 Å². The molecule has 6 heteroatoms. The summed E-state index contributed by atoms with van der Waals surface area (Å²) >= 11 is 0. The predicted octanol–water partition coefficient (Wildman–Crippen LogP) is 2.42. The number of benzene rings is 1. The Kier molecular flexibility index (Phi) is 5.89. The normalized spacial score (nSPS) is 17.6. The molecule has 1 aromatic carbocycles. The molecule has 112 valence electrons. The predicted molar refractivity (Wildman–Crippen MR) is 75.7 cm³/mol. The van der Waals surface area contributed by atoms with Gasteiger partial charge in [0.2, 0.25) is 5.91 Å². The lowest BCUT2D eigenvalue weighted by atomic mass is 9.88. The first-order valence-corrected chi connectivity index (χ1v) is 6.45. The minimum atomic E-state index is -0.634. The summed E-state index contributed by atoms with van der Waals surface area (Å²) in [6.07, 6.45) is 0. The number of nitrogens with one attached hydrogen (secondary N) is 2. The lowest BCUT2D eigenvalue weighted by Crippen LogP contribution is -2.49. The van der Waals surface area contributed by atoms with Crippen molar-refractivity contribution >= 4 is 18.3 Å². The maximum absolute atomic E-state index is 13.6. The highest BCUT2D eigenvalue weighted by Gasteiger charge is 2.29. The molecule has 2 rings (SSSR count). The Morgan fingerprint density at radius 2 is 2.00 bits per heavy atom. The molecular formula is C14H19ClF2N2O. The molecule has 0 saturated carbocycles. The first kappa shape index (κ1) is 16.9.